The van der Waals surface area contributed by atoms with E-state index in [1.54, 1.807) is 18.3 Å². The minimum absolute atomic E-state index is 0.0393. The molecule has 2 aromatic rings. The van der Waals surface area contributed by atoms with Crippen LogP contribution in [-0.2, 0) is 0 Å². The van der Waals surface area contributed by atoms with Gasteiger partial charge in [-0.25, -0.2) is 0 Å². The molecule has 0 fully saturated rings. The first-order chi connectivity index (χ1) is 8.79. The van der Waals surface area contributed by atoms with E-state index < -0.39 is 0 Å². The van der Waals surface area contributed by atoms with Crippen LogP contribution in [0.15, 0.2) is 35.7 Å². The Hall–Kier alpha value is -2.46. The van der Waals surface area contributed by atoms with Crippen molar-refractivity contribution in [3.63, 3.8) is 0 Å². The summed E-state index contributed by atoms with van der Waals surface area (Å²) in [5, 5.41) is 18.9. The third-order valence-electron chi connectivity index (χ3n) is 2.05. The van der Waals surface area contributed by atoms with E-state index in [-0.39, 0.29) is 6.61 Å². The number of nitrogens with zero attached hydrogens (tertiary/aromatic N) is 4. The molecule has 0 aliphatic heterocycles. The molecule has 0 aliphatic rings. The molecule has 1 heterocycles. The molecule has 90 valence electrons. The number of rotatable bonds is 4. The van der Waals surface area contributed by atoms with E-state index in [1.807, 2.05) is 18.2 Å². The molecule has 1 N–H and O–H groups in total. The average Bonchev–Trinajstić information content (AvgIpc) is 2.81. The fraction of sp³-hybridized carbons (Fsp3) is 0.0909. The molecule has 1 aromatic carbocycles. The van der Waals surface area contributed by atoms with Crippen molar-refractivity contribution in [3.8, 4) is 11.8 Å². The normalized spacial score (nSPS) is 10.4. The van der Waals surface area contributed by atoms with Gasteiger partial charge in [0.15, 0.2) is 6.61 Å². The topological polar surface area (TPSA) is 79.0 Å². The molecule has 0 unspecified atom stereocenters. The van der Waals surface area contributed by atoms with Crippen molar-refractivity contribution >= 4 is 18.4 Å². The molecule has 0 aliphatic carbocycles. The fourth-order valence-corrected chi connectivity index (χ4v) is 1.37. The predicted octanol–water partition coefficient (Wildman–Crippen LogP) is 1.73. The summed E-state index contributed by atoms with van der Waals surface area (Å²) in [6.45, 7) is 0.0393. The molecule has 0 saturated heterocycles. The Morgan fingerprint density at radius 1 is 1.50 bits per heavy atom. The summed E-state index contributed by atoms with van der Waals surface area (Å²) < 4.78 is 7.02. The lowest BCUT2D eigenvalue weighted by molar-refractivity contribution is 0.368. The van der Waals surface area contributed by atoms with Gasteiger partial charge in [-0.1, -0.05) is 0 Å². The van der Waals surface area contributed by atoms with Crippen molar-refractivity contribution < 1.29 is 4.74 Å². The van der Waals surface area contributed by atoms with Crippen molar-refractivity contribution in [2.75, 3.05) is 6.61 Å². The molecule has 1 aromatic heterocycles. The van der Waals surface area contributed by atoms with Crippen LogP contribution in [0.25, 0.3) is 0 Å². The Bertz CT molecular complexity index is 634. The molecular formula is C11H9N5OS. The zero-order valence-corrected chi connectivity index (χ0v) is 10.1. The lowest BCUT2D eigenvalue weighted by atomic mass is 10.2. The summed E-state index contributed by atoms with van der Waals surface area (Å²) in [5.74, 6) is 0.647. The van der Waals surface area contributed by atoms with Crippen LogP contribution >= 0.6 is 12.2 Å². The van der Waals surface area contributed by atoms with Crippen molar-refractivity contribution in [2.24, 2.45) is 5.10 Å². The third-order valence-corrected chi connectivity index (χ3v) is 2.33. The average molecular weight is 259 g/mol. The quantitative estimate of drug-likeness (QED) is 0.669. The van der Waals surface area contributed by atoms with Crippen LogP contribution in [0.3, 0.4) is 0 Å². The number of aromatic nitrogens is 3. The standard InChI is InChI=1S/C11H9N5OS/c12-5-6-17-10-3-1-9(2-4-10)7-14-16-8-13-15-11(16)18/h1-4,7-8H,6H2,(H,15,18)/b14-7-. The Morgan fingerprint density at radius 2 is 2.28 bits per heavy atom. The van der Waals surface area contributed by atoms with E-state index in [0.717, 1.165) is 5.56 Å². The lowest BCUT2D eigenvalue weighted by Crippen LogP contribution is -1.93. The molecular weight excluding hydrogens is 250 g/mol. The van der Waals surface area contributed by atoms with Crippen LogP contribution in [0.4, 0.5) is 0 Å². The zero-order chi connectivity index (χ0) is 12.8. The van der Waals surface area contributed by atoms with Crippen molar-refractivity contribution in [2.45, 2.75) is 0 Å². The van der Waals surface area contributed by atoms with Gasteiger partial charge in [-0.2, -0.15) is 20.1 Å². The molecule has 6 nitrogen and oxygen atoms in total. The zero-order valence-electron chi connectivity index (χ0n) is 9.28. The maximum Gasteiger partial charge on any atom is 0.216 e. The highest BCUT2D eigenvalue weighted by molar-refractivity contribution is 7.71. The highest BCUT2D eigenvalue weighted by atomic mass is 32.1. The lowest BCUT2D eigenvalue weighted by Gasteiger charge is -2.00. The van der Waals surface area contributed by atoms with E-state index in [4.69, 9.17) is 22.2 Å². The summed E-state index contributed by atoms with van der Waals surface area (Å²) in [7, 11) is 0. The van der Waals surface area contributed by atoms with Gasteiger partial charge in [-0.05, 0) is 42.0 Å². The second-order valence-electron chi connectivity index (χ2n) is 3.27. The highest BCUT2D eigenvalue weighted by Gasteiger charge is 1.93. The molecule has 0 amide bonds. The number of benzene rings is 1. The molecule has 0 spiro atoms. The van der Waals surface area contributed by atoms with E-state index in [9.17, 15) is 0 Å². The Morgan fingerprint density at radius 3 is 2.89 bits per heavy atom. The predicted molar refractivity (Wildman–Crippen MR) is 68.0 cm³/mol. The number of H-pyrrole nitrogens is 1. The largest absolute Gasteiger partial charge is 0.479 e. The molecule has 2 rings (SSSR count). The number of aromatic amines is 1. The molecule has 18 heavy (non-hydrogen) atoms. The number of nitriles is 1. The monoisotopic (exact) mass is 259 g/mol. The number of hydrogen-bond donors (Lipinski definition) is 1. The smallest absolute Gasteiger partial charge is 0.216 e. The van der Waals surface area contributed by atoms with Gasteiger partial charge < -0.3 is 4.74 Å². The number of ether oxygens (including phenoxy) is 1. The second-order valence-corrected chi connectivity index (χ2v) is 3.65. The highest BCUT2D eigenvalue weighted by Crippen LogP contribution is 2.10. The molecule has 0 atom stereocenters. The maximum absolute atomic E-state index is 8.38. The van der Waals surface area contributed by atoms with Crippen molar-refractivity contribution in [1.29, 1.82) is 5.26 Å². The second kappa shape index (κ2) is 5.75. The summed E-state index contributed by atoms with van der Waals surface area (Å²) >= 11 is 4.95. The Labute approximate surface area is 108 Å². The third kappa shape index (κ3) is 3.02. The first kappa shape index (κ1) is 12.0. The molecule has 0 radical (unpaired) electrons. The van der Waals surface area contributed by atoms with E-state index in [0.29, 0.717) is 10.5 Å². The molecule has 0 saturated carbocycles. The minimum atomic E-state index is 0.0393. The minimum Gasteiger partial charge on any atom is -0.479 e. The maximum atomic E-state index is 8.38. The van der Waals surface area contributed by atoms with E-state index in [1.165, 1.54) is 11.0 Å². The van der Waals surface area contributed by atoms with Gasteiger partial charge in [0, 0.05) is 0 Å². The van der Waals surface area contributed by atoms with Crippen LogP contribution in [0.1, 0.15) is 5.56 Å². The van der Waals surface area contributed by atoms with Crippen LogP contribution < -0.4 is 4.74 Å². The summed E-state index contributed by atoms with van der Waals surface area (Å²) in [4.78, 5) is 0. The van der Waals surface area contributed by atoms with Gasteiger partial charge in [0.1, 0.15) is 18.1 Å². The molecule has 0 bridgehead atoms. The van der Waals surface area contributed by atoms with Gasteiger partial charge in [-0.15, -0.1) is 0 Å². The van der Waals surface area contributed by atoms with Crippen molar-refractivity contribution in [1.82, 2.24) is 14.9 Å². The van der Waals surface area contributed by atoms with Gasteiger partial charge >= 0.3 is 0 Å². The number of hydrogen-bond acceptors (Lipinski definition) is 5. The summed E-state index contributed by atoms with van der Waals surface area (Å²) in [6.07, 6.45) is 3.14. The van der Waals surface area contributed by atoms with Crippen molar-refractivity contribution in [3.05, 3.63) is 40.9 Å². The van der Waals surface area contributed by atoms with Crippen LogP contribution in [0.5, 0.6) is 5.75 Å². The van der Waals surface area contributed by atoms with Gasteiger partial charge in [0.25, 0.3) is 0 Å². The summed E-state index contributed by atoms with van der Waals surface area (Å²) in [6, 6.07) is 9.12. The summed E-state index contributed by atoms with van der Waals surface area (Å²) in [5.41, 5.74) is 0.891. The van der Waals surface area contributed by atoms with Gasteiger partial charge in [-0.3, -0.25) is 5.10 Å². The van der Waals surface area contributed by atoms with Crippen LogP contribution in [0.2, 0.25) is 0 Å². The van der Waals surface area contributed by atoms with Crippen LogP contribution in [0, 0.1) is 16.1 Å². The Balaban J connectivity index is 2.07. The SMILES string of the molecule is N#CCOc1ccc(/C=N\n2cn[nH]c2=S)cc1. The number of nitrogens with one attached hydrogen (secondary N) is 1. The van der Waals surface area contributed by atoms with Crippen LogP contribution in [-0.4, -0.2) is 27.7 Å². The van der Waals surface area contributed by atoms with Gasteiger partial charge in [0.2, 0.25) is 4.77 Å². The first-order valence-electron chi connectivity index (χ1n) is 5.06. The van der Waals surface area contributed by atoms with E-state index >= 15 is 0 Å². The Kier molecular flexibility index (Phi) is 3.83. The first-order valence-corrected chi connectivity index (χ1v) is 5.46. The van der Waals surface area contributed by atoms with E-state index in [2.05, 4.69) is 15.3 Å². The van der Waals surface area contributed by atoms with Gasteiger partial charge in [0.05, 0.1) is 6.21 Å². The molecule has 7 heteroatoms. The fourth-order valence-electron chi connectivity index (χ4n) is 1.22.